The second kappa shape index (κ2) is 10.5. The Kier molecular flexibility index (Phi) is 13.0. The van der Waals surface area contributed by atoms with Crippen molar-refractivity contribution >= 4 is 17.0 Å². The number of aliphatic hydroxyl groups excluding tert-OH is 2. The summed E-state index contributed by atoms with van der Waals surface area (Å²) in [5.41, 5.74) is 0. The fourth-order valence-corrected chi connectivity index (χ4v) is 0.371. The first-order chi connectivity index (χ1) is 9.72. The van der Waals surface area contributed by atoms with Gasteiger partial charge in [0.2, 0.25) is 12.2 Å². The zero-order chi connectivity index (χ0) is 19.9. The summed E-state index contributed by atoms with van der Waals surface area (Å²) < 4.78 is 132. The van der Waals surface area contributed by atoms with E-state index in [1.807, 2.05) is 0 Å². The Hall–Kier alpha value is 0.543. The van der Waals surface area contributed by atoms with Crippen LogP contribution in [-0.4, -0.2) is 47.1 Å². The first-order valence-corrected chi connectivity index (χ1v) is 10.6. The van der Waals surface area contributed by atoms with Crippen LogP contribution in [0.15, 0.2) is 0 Å². The van der Waals surface area contributed by atoms with E-state index in [1.165, 1.54) is 0 Å². The number of hydrogen-bond acceptors (Lipinski definition) is 2. The fourth-order valence-electron chi connectivity index (χ4n) is 0.371. The van der Waals surface area contributed by atoms with Gasteiger partial charge in [-0.1, -0.05) is 0 Å². The van der Waals surface area contributed by atoms with E-state index in [0.717, 1.165) is 0 Å². The molecular weight excluding hydrogens is 494 g/mol. The summed E-state index contributed by atoms with van der Waals surface area (Å²) in [4.78, 5) is 0. The molecule has 0 aromatic rings. The van der Waals surface area contributed by atoms with Crippen molar-refractivity contribution in [1.82, 2.24) is 0 Å². The molecule has 2 N–H and O–H groups in total. The van der Waals surface area contributed by atoms with E-state index in [1.54, 1.807) is 0 Å². The molecule has 0 aliphatic rings. The molecule has 0 rings (SSSR count). The normalized spacial score (nSPS) is 13.1. The van der Waals surface area contributed by atoms with Crippen LogP contribution in [0.3, 0.4) is 0 Å². The van der Waals surface area contributed by atoms with E-state index >= 15 is 0 Å². The average Bonchev–Trinajstić information content (AvgIpc) is 2.24. The van der Waals surface area contributed by atoms with Gasteiger partial charge in [-0.3, -0.25) is 0 Å². The topological polar surface area (TPSA) is 40.5 Å². The Morgan fingerprint density at radius 2 is 0.609 bits per heavy atom. The van der Waals surface area contributed by atoms with Crippen LogP contribution < -0.4 is 0 Å². The second-order valence-corrected chi connectivity index (χ2v) is 6.77. The summed E-state index contributed by atoms with van der Waals surface area (Å²) in [6.45, 7) is 0. The van der Waals surface area contributed by atoms with Crippen LogP contribution in [0.5, 0.6) is 0 Å². The molecule has 0 unspecified atom stereocenters. The summed E-state index contributed by atoms with van der Waals surface area (Å²) in [6, 6.07) is 0. The zero-order valence-corrected chi connectivity index (χ0v) is 13.8. The van der Waals surface area contributed by atoms with Crippen molar-refractivity contribution in [3.05, 3.63) is 0 Å². The molecule has 0 aromatic heterocycles. The zero-order valence-electron chi connectivity index (χ0n) is 9.84. The summed E-state index contributed by atoms with van der Waals surface area (Å²) in [5.74, 6) is 0. The quantitative estimate of drug-likeness (QED) is 0.489. The molecule has 0 heterocycles. The third-order valence-corrected chi connectivity index (χ3v) is 1.24. The van der Waals surface area contributed by atoms with Crippen LogP contribution in [0.4, 0.5) is 52.7 Å². The van der Waals surface area contributed by atoms with Crippen LogP contribution in [-0.2, 0) is 20.8 Å². The van der Waals surface area contributed by atoms with Crippen molar-refractivity contribution in [2.75, 3.05) is 0 Å². The van der Waals surface area contributed by atoms with Gasteiger partial charge >= 0.3 is 62.6 Å². The Morgan fingerprint density at radius 3 is 0.609 bits per heavy atom. The molecule has 0 radical (unpaired) electrons. The molecule has 0 fully saturated rings. The van der Waals surface area contributed by atoms with Crippen molar-refractivity contribution in [2.24, 2.45) is 0 Å². The van der Waals surface area contributed by atoms with E-state index in [2.05, 4.69) is 0 Å². The van der Waals surface area contributed by atoms with E-state index in [-0.39, 0.29) is 0 Å². The Bertz CT molecular complexity index is 253. The molecule has 23 heavy (non-hydrogen) atoms. The summed E-state index contributed by atoms with van der Waals surface area (Å²) >= 11 is -0.826. The maximum atomic E-state index is 11.0. The van der Waals surface area contributed by atoms with Crippen molar-refractivity contribution in [3.8, 4) is 0 Å². The molecule has 17 heteroatoms. The minimum absolute atomic E-state index is 0.826. The van der Waals surface area contributed by atoms with Gasteiger partial charge in [0.25, 0.3) is 0 Å². The molecule has 0 bridgehead atoms. The molecule has 0 spiro atoms. The molecule has 0 amide bonds. The summed E-state index contributed by atoms with van der Waals surface area (Å²) in [7, 11) is 9.87. The number of hydrogen-bond donors (Lipinski definition) is 2. The minimum atomic E-state index is -5.63. The molecule has 0 aliphatic carbocycles. The van der Waals surface area contributed by atoms with Crippen molar-refractivity contribution in [2.45, 2.75) is 36.9 Å². The Balaban J connectivity index is -0.000000297. The molecule has 142 valence electrons. The number of rotatable bonds is 0. The van der Waals surface area contributed by atoms with Crippen LogP contribution in [0.25, 0.3) is 0 Å². The number of alkyl halides is 12. The maximum absolute atomic E-state index is 11.0. The summed E-state index contributed by atoms with van der Waals surface area (Å²) in [6.07, 6.45) is -31.0. The molecule has 0 saturated heterocycles. The Labute approximate surface area is 138 Å². The van der Waals surface area contributed by atoms with E-state index in [4.69, 9.17) is 27.2 Å². The van der Waals surface area contributed by atoms with E-state index in [9.17, 15) is 52.7 Å². The summed E-state index contributed by atoms with van der Waals surface area (Å²) in [5, 5.41) is 14.9. The third kappa shape index (κ3) is 15.8. The van der Waals surface area contributed by atoms with Gasteiger partial charge < -0.3 is 10.2 Å². The molecular formula is C6H4Cl2F12O2Zr. The molecule has 2 nitrogen and oxygen atoms in total. The van der Waals surface area contributed by atoms with Gasteiger partial charge in [-0.2, -0.15) is 52.7 Å². The standard InChI is InChI=1S/2C3H2F6O.2ClH.Zr/c2*4-2(5,6)1(10)3(7,8)9;;;/h2*1,10H;2*1H;/q;;;;+2/p-2. The van der Waals surface area contributed by atoms with Crippen LogP contribution in [0.2, 0.25) is 0 Å². The molecule has 0 aromatic carbocycles. The van der Waals surface area contributed by atoms with Crippen molar-refractivity contribution < 1.29 is 83.7 Å². The molecule has 0 atom stereocenters. The van der Waals surface area contributed by atoms with Gasteiger partial charge in [-0.25, -0.2) is 0 Å². The van der Waals surface area contributed by atoms with Gasteiger partial charge in [0.15, 0.2) is 0 Å². The second-order valence-electron chi connectivity index (χ2n) is 3.04. The number of aliphatic hydroxyl groups is 2. The van der Waals surface area contributed by atoms with Gasteiger partial charge in [-0.15, -0.1) is 0 Å². The van der Waals surface area contributed by atoms with Gasteiger partial charge in [0.1, 0.15) is 0 Å². The fraction of sp³-hybridized carbons (Fsp3) is 1.00. The number of halogens is 14. The van der Waals surface area contributed by atoms with Crippen molar-refractivity contribution in [3.63, 3.8) is 0 Å². The molecule has 0 aliphatic heterocycles. The van der Waals surface area contributed by atoms with Crippen LogP contribution in [0.1, 0.15) is 0 Å². The van der Waals surface area contributed by atoms with E-state index in [0.29, 0.717) is 0 Å². The Morgan fingerprint density at radius 1 is 0.522 bits per heavy atom. The molecule has 0 saturated carbocycles. The monoisotopic (exact) mass is 496 g/mol. The third-order valence-electron chi connectivity index (χ3n) is 1.24. The van der Waals surface area contributed by atoms with Gasteiger partial charge in [0, 0.05) is 0 Å². The van der Waals surface area contributed by atoms with Crippen LogP contribution in [0, 0.1) is 0 Å². The van der Waals surface area contributed by atoms with Gasteiger partial charge in [-0.05, 0) is 0 Å². The van der Waals surface area contributed by atoms with Crippen LogP contribution >= 0.6 is 17.0 Å². The van der Waals surface area contributed by atoms with Crippen molar-refractivity contribution in [1.29, 1.82) is 0 Å². The van der Waals surface area contributed by atoms with E-state index < -0.39 is 57.8 Å². The first kappa shape index (κ1) is 28.4. The predicted octanol–water partition coefficient (Wildman–Crippen LogP) is 4.32. The van der Waals surface area contributed by atoms with Gasteiger partial charge in [0.05, 0.1) is 0 Å². The first-order valence-electron chi connectivity index (χ1n) is 4.32. The average molecular weight is 498 g/mol. The predicted molar refractivity (Wildman–Crippen MR) is 47.9 cm³/mol. The SMILES string of the molecule is OC(C(F)(F)F)C(F)(F)F.OC(C(F)(F)F)C(F)(F)F.[Cl][Zr][Cl].